The van der Waals surface area contributed by atoms with Gasteiger partial charge in [-0.1, -0.05) is 13.0 Å². The molecule has 1 heterocycles. The van der Waals surface area contributed by atoms with Crippen molar-refractivity contribution >= 4 is 27.5 Å². The van der Waals surface area contributed by atoms with E-state index in [9.17, 15) is 4.79 Å². The summed E-state index contributed by atoms with van der Waals surface area (Å²) in [5, 5.41) is 6.36. The molecule has 1 fully saturated rings. The molecule has 4 nitrogen and oxygen atoms in total. The first-order valence-corrected chi connectivity index (χ1v) is 8.40. The molecule has 116 valence electrons. The van der Waals surface area contributed by atoms with Gasteiger partial charge in [-0.05, 0) is 73.0 Å². The molecule has 0 saturated carbocycles. The number of nitrogens with zero attached hydrogens (tertiary/aromatic N) is 1. The minimum absolute atomic E-state index is 0.0555. The molecule has 0 atom stereocenters. The SMILES string of the molecule is CCN(CC(=O)Nc1ccc(C)cc1Br)C1CCNCC1. The Morgan fingerprint density at radius 1 is 1.43 bits per heavy atom. The van der Waals surface area contributed by atoms with E-state index in [1.807, 2.05) is 25.1 Å². The molecule has 1 aliphatic rings. The maximum Gasteiger partial charge on any atom is 0.238 e. The molecular formula is C16H24BrN3O. The first-order chi connectivity index (χ1) is 10.1. The average molecular weight is 354 g/mol. The lowest BCUT2D eigenvalue weighted by molar-refractivity contribution is -0.118. The lowest BCUT2D eigenvalue weighted by Crippen LogP contribution is -2.46. The van der Waals surface area contributed by atoms with E-state index in [1.165, 1.54) is 5.56 Å². The van der Waals surface area contributed by atoms with Crippen molar-refractivity contribution in [2.45, 2.75) is 32.7 Å². The summed E-state index contributed by atoms with van der Waals surface area (Å²) in [4.78, 5) is 14.5. The zero-order valence-electron chi connectivity index (χ0n) is 12.8. The fourth-order valence-electron chi connectivity index (χ4n) is 2.77. The molecule has 1 aliphatic heterocycles. The van der Waals surface area contributed by atoms with Crippen LogP contribution in [0.1, 0.15) is 25.3 Å². The standard InChI is InChI=1S/C16H24BrN3O/c1-3-20(13-6-8-18-9-7-13)11-16(21)19-15-5-4-12(2)10-14(15)17/h4-5,10,13,18H,3,6-9,11H2,1-2H3,(H,19,21). The van der Waals surface area contributed by atoms with E-state index in [0.29, 0.717) is 12.6 Å². The number of carbonyl (C=O) groups excluding carboxylic acids is 1. The topological polar surface area (TPSA) is 44.4 Å². The molecule has 0 aliphatic carbocycles. The van der Waals surface area contributed by atoms with Gasteiger partial charge in [-0.15, -0.1) is 0 Å². The van der Waals surface area contributed by atoms with Gasteiger partial charge in [-0.2, -0.15) is 0 Å². The Labute approximate surface area is 135 Å². The van der Waals surface area contributed by atoms with Crippen molar-refractivity contribution in [1.82, 2.24) is 10.2 Å². The highest BCUT2D eigenvalue weighted by atomic mass is 79.9. The van der Waals surface area contributed by atoms with Crippen LogP contribution in [0, 0.1) is 6.92 Å². The van der Waals surface area contributed by atoms with Crippen LogP contribution in [-0.2, 0) is 4.79 Å². The number of benzene rings is 1. The fraction of sp³-hybridized carbons (Fsp3) is 0.562. The second-order valence-corrected chi connectivity index (χ2v) is 6.43. The third-order valence-corrected chi connectivity index (χ3v) is 4.63. The molecule has 0 spiro atoms. The molecule has 21 heavy (non-hydrogen) atoms. The summed E-state index contributed by atoms with van der Waals surface area (Å²) < 4.78 is 0.931. The Bertz CT molecular complexity index is 486. The summed E-state index contributed by atoms with van der Waals surface area (Å²) in [7, 11) is 0. The molecule has 2 N–H and O–H groups in total. The van der Waals surface area contributed by atoms with Gasteiger partial charge in [0.1, 0.15) is 0 Å². The minimum Gasteiger partial charge on any atom is -0.324 e. The van der Waals surface area contributed by atoms with Gasteiger partial charge in [-0.3, -0.25) is 9.69 Å². The molecule has 1 aromatic rings. The number of hydrogen-bond donors (Lipinski definition) is 2. The predicted molar refractivity (Wildman–Crippen MR) is 90.6 cm³/mol. The lowest BCUT2D eigenvalue weighted by Gasteiger charge is -2.33. The first-order valence-electron chi connectivity index (χ1n) is 7.61. The van der Waals surface area contributed by atoms with Crippen LogP contribution in [0.15, 0.2) is 22.7 Å². The van der Waals surface area contributed by atoms with Crippen molar-refractivity contribution in [3.8, 4) is 0 Å². The van der Waals surface area contributed by atoms with Crippen LogP contribution in [0.2, 0.25) is 0 Å². The molecule has 0 bridgehead atoms. The Kier molecular flexibility index (Phi) is 6.21. The Morgan fingerprint density at radius 3 is 2.76 bits per heavy atom. The zero-order chi connectivity index (χ0) is 15.2. The van der Waals surface area contributed by atoms with E-state index < -0.39 is 0 Å². The van der Waals surface area contributed by atoms with Gasteiger partial charge in [0.15, 0.2) is 0 Å². The van der Waals surface area contributed by atoms with E-state index in [1.54, 1.807) is 0 Å². The monoisotopic (exact) mass is 353 g/mol. The van der Waals surface area contributed by atoms with Gasteiger partial charge in [0.05, 0.1) is 12.2 Å². The van der Waals surface area contributed by atoms with Gasteiger partial charge in [0.25, 0.3) is 0 Å². The van der Waals surface area contributed by atoms with Crippen molar-refractivity contribution in [2.75, 3.05) is 31.5 Å². The third-order valence-electron chi connectivity index (χ3n) is 3.98. The number of nitrogens with one attached hydrogen (secondary N) is 2. The summed E-state index contributed by atoms with van der Waals surface area (Å²) in [5.41, 5.74) is 2.01. The van der Waals surface area contributed by atoms with Crippen LogP contribution in [0.5, 0.6) is 0 Å². The fourth-order valence-corrected chi connectivity index (χ4v) is 3.36. The number of likely N-dealkylation sites (N-methyl/N-ethyl adjacent to an activating group) is 1. The van der Waals surface area contributed by atoms with Crippen molar-refractivity contribution in [1.29, 1.82) is 0 Å². The van der Waals surface area contributed by atoms with Gasteiger partial charge >= 0.3 is 0 Å². The van der Waals surface area contributed by atoms with Gasteiger partial charge in [-0.25, -0.2) is 0 Å². The molecule has 5 heteroatoms. The van der Waals surface area contributed by atoms with Crippen LogP contribution in [0.4, 0.5) is 5.69 Å². The van der Waals surface area contributed by atoms with E-state index in [2.05, 4.69) is 38.4 Å². The maximum absolute atomic E-state index is 12.3. The number of rotatable bonds is 5. The van der Waals surface area contributed by atoms with Crippen molar-refractivity contribution in [2.24, 2.45) is 0 Å². The van der Waals surface area contributed by atoms with Crippen molar-refractivity contribution in [3.63, 3.8) is 0 Å². The number of anilines is 1. The number of amides is 1. The Balaban J connectivity index is 1.92. The van der Waals surface area contributed by atoms with Gasteiger partial charge < -0.3 is 10.6 Å². The van der Waals surface area contributed by atoms with Crippen molar-refractivity contribution < 1.29 is 4.79 Å². The van der Waals surface area contributed by atoms with E-state index >= 15 is 0 Å². The predicted octanol–water partition coefficient (Wildman–Crippen LogP) is 2.77. The van der Waals surface area contributed by atoms with Crippen LogP contribution in [0.3, 0.4) is 0 Å². The highest BCUT2D eigenvalue weighted by Gasteiger charge is 2.21. The molecule has 2 rings (SSSR count). The van der Waals surface area contributed by atoms with Crippen LogP contribution < -0.4 is 10.6 Å². The molecule has 0 aromatic heterocycles. The highest BCUT2D eigenvalue weighted by molar-refractivity contribution is 9.10. The number of carbonyl (C=O) groups is 1. The normalized spacial score (nSPS) is 16.2. The quantitative estimate of drug-likeness (QED) is 0.855. The van der Waals surface area contributed by atoms with Crippen LogP contribution >= 0.6 is 15.9 Å². The van der Waals surface area contributed by atoms with E-state index in [4.69, 9.17) is 0 Å². The first kappa shape index (κ1) is 16.5. The summed E-state index contributed by atoms with van der Waals surface area (Å²) in [6, 6.07) is 6.48. The second kappa shape index (κ2) is 7.92. The zero-order valence-corrected chi connectivity index (χ0v) is 14.4. The second-order valence-electron chi connectivity index (χ2n) is 5.58. The summed E-state index contributed by atoms with van der Waals surface area (Å²) in [6.45, 7) is 7.62. The number of hydrogen-bond acceptors (Lipinski definition) is 3. The highest BCUT2D eigenvalue weighted by Crippen LogP contribution is 2.23. The molecule has 1 saturated heterocycles. The third kappa shape index (κ3) is 4.80. The molecular weight excluding hydrogens is 330 g/mol. The molecule has 1 aromatic carbocycles. The van der Waals surface area contributed by atoms with E-state index in [0.717, 1.165) is 42.6 Å². The van der Waals surface area contributed by atoms with Gasteiger partial charge in [0, 0.05) is 10.5 Å². The Morgan fingerprint density at radius 2 is 2.14 bits per heavy atom. The minimum atomic E-state index is 0.0555. The molecule has 1 amide bonds. The lowest BCUT2D eigenvalue weighted by atomic mass is 10.0. The van der Waals surface area contributed by atoms with Crippen LogP contribution in [0.25, 0.3) is 0 Å². The van der Waals surface area contributed by atoms with E-state index in [-0.39, 0.29) is 5.91 Å². The molecule has 0 radical (unpaired) electrons. The van der Waals surface area contributed by atoms with Gasteiger partial charge in [0.2, 0.25) is 5.91 Å². The van der Waals surface area contributed by atoms with Crippen molar-refractivity contribution in [3.05, 3.63) is 28.2 Å². The number of halogens is 1. The Hall–Kier alpha value is -0.910. The summed E-state index contributed by atoms with van der Waals surface area (Å²) in [6.07, 6.45) is 2.24. The number of aryl methyl sites for hydroxylation is 1. The largest absolute Gasteiger partial charge is 0.324 e. The summed E-state index contributed by atoms with van der Waals surface area (Å²) >= 11 is 3.50. The average Bonchev–Trinajstić information content (AvgIpc) is 2.48. The summed E-state index contributed by atoms with van der Waals surface area (Å²) in [5.74, 6) is 0.0555. The number of piperidine rings is 1. The smallest absolute Gasteiger partial charge is 0.238 e. The maximum atomic E-state index is 12.3. The molecule has 0 unspecified atom stereocenters. The van der Waals surface area contributed by atoms with Crippen LogP contribution in [-0.4, -0.2) is 43.0 Å².